The summed E-state index contributed by atoms with van der Waals surface area (Å²) in [6.45, 7) is 15.8. The Labute approximate surface area is 225 Å². The van der Waals surface area contributed by atoms with E-state index in [-0.39, 0.29) is 10.8 Å². The summed E-state index contributed by atoms with van der Waals surface area (Å²) in [6, 6.07) is 13.1. The van der Waals surface area contributed by atoms with Crippen molar-refractivity contribution in [2.75, 3.05) is 0 Å². The lowest BCUT2D eigenvalue weighted by Gasteiger charge is -2.24. The van der Waals surface area contributed by atoms with E-state index in [4.69, 9.17) is 23.2 Å². The topological polar surface area (TPSA) is 0 Å². The Kier molecular flexibility index (Phi) is 6.13. The van der Waals surface area contributed by atoms with Crippen molar-refractivity contribution in [1.82, 2.24) is 0 Å². The SMILES string of the molecule is Cc1c(Cl)cc(Cl)cc1C=c1c(C(C)(C)C)cc2c(c1C1=CC=CC1)[C]=c1ccc(C(C)(C)C)cc1=2. The number of hydrogen-bond donors (Lipinski definition) is 0. The normalized spacial score (nSPS) is 15.1. The highest BCUT2D eigenvalue weighted by Crippen LogP contribution is 2.32. The maximum atomic E-state index is 6.55. The predicted molar refractivity (Wildman–Crippen MR) is 156 cm³/mol. The lowest BCUT2D eigenvalue weighted by atomic mass is 9.80. The first-order valence-electron chi connectivity index (χ1n) is 12.6. The molecule has 2 aliphatic rings. The summed E-state index contributed by atoms with van der Waals surface area (Å²) in [5, 5.41) is 6.31. The number of hydrogen-bond acceptors (Lipinski definition) is 0. The van der Waals surface area contributed by atoms with Crippen LogP contribution in [-0.2, 0) is 10.8 Å². The molecule has 0 spiro atoms. The zero-order valence-electron chi connectivity index (χ0n) is 22.2. The summed E-state index contributed by atoms with van der Waals surface area (Å²) in [4.78, 5) is 0. The van der Waals surface area contributed by atoms with E-state index in [0.29, 0.717) is 10.0 Å². The molecule has 0 aliphatic heterocycles. The van der Waals surface area contributed by atoms with Gasteiger partial charge in [-0.25, -0.2) is 0 Å². The zero-order valence-corrected chi connectivity index (χ0v) is 23.7. The van der Waals surface area contributed by atoms with Gasteiger partial charge in [-0.2, -0.15) is 0 Å². The Morgan fingerprint density at radius 1 is 0.889 bits per heavy atom. The number of halogens is 2. The van der Waals surface area contributed by atoms with Gasteiger partial charge in [0.15, 0.2) is 0 Å². The molecular weight excluding hydrogens is 479 g/mol. The lowest BCUT2D eigenvalue weighted by Crippen LogP contribution is -2.27. The molecular formula is C34H33Cl2. The minimum atomic E-state index is -0.0666. The quantitative estimate of drug-likeness (QED) is 0.253. The first-order chi connectivity index (χ1) is 16.8. The number of rotatable bonds is 2. The van der Waals surface area contributed by atoms with E-state index in [2.05, 4.69) is 103 Å². The summed E-state index contributed by atoms with van der Waals surface area (Å²) in [5.41, 5.74) is 8.55. The van der Waals surface area contributed by atoms with Crippen molar-refractivity contribution >= 4 is 40.9 Å². The Morgan fingerprint density at radius 2 is 1.64 bits per heavy atom. The molecule has 2 heteroatoms. The molecule has 0 nitrogen and oxygen atoms in total. The highest BCUT2D eigenvalue weighted by molar-refractivity contribution is 6.35. The second-order valence-corrected chi connectivity index (χ2v) is 12.9. The van der Waals surface area contributed by atoms with Crippen LogP contribution in [0.1, 0.15) is 81.3 Å². The van der Waals surface area contributed by atoms with E-state index in [1.165, 1.54) is 48.7 Å². The first kappa shape index (κ1) is 25.1. The molecule has 0 aromatic heterocycles. The zero-order chi connectivity index (χ0) is 26.0. The van der Waals surface area contributed by atoms with E-state index in [0.717, 1.165) is 17.5 Å². The van der Waals surface area contributed by atoms with Crippen LogP contribution in [0.3, 0.4) is 0 Å². The molecule has 0 heterocycles. The van der Waals surface area contributed by atoms with Crippen LogP contribution < -0.4 is 10.4 Å². The summed E-state index contributed by atoms with van der Waals surface area (Å²) < 4.78 is 0. The predicted octanol–water partition coefficient (Wildman–Crippen LogP) is 8.38. The minimum Gasteiger partial charge on any atom is -0.0843 e. The Hall–Kier alpha value is -2.54. The van der Waals surface area contributed by atoms with Gasteiger partial charge in [-0.3, -0.25) is 0 Å². The van der Waals surface area contributed by atoms with E-state index in [9.17, 15) is 0 Å². The van der Waals surface area contributed by atoms with Gasteiger partial charge in [0, 0.05) is 10.0 Å². The van der Waals surface area contributed by atoms with Crippen molar-refractivity contribution in [3.05, 3.63) is 119 Å². The fourth-order valence-electron chi connectivity index (χ4n) is 5.23. The average molecular weight is 513 g/mol. The average Bonchev–Trinajstić information content (AvgIpc) is 3.42. The van der Waals surface area contributed by atoms with Crippen LogP contribution in [0.4, 0.5) is 0 Å². The maximum Gasteiger partial charge on any atom is 0.0455 e. The number of fused-ring (bicyclic) bond motifs is 2. The Morgan fingerprint density at radius 3 is 2.28 bits per heavy atom. The molecule has 3 aromatic carbocycles. The minimum absolute atomic E-state index is 0.0666. The molecule has 0 saturated carbocycles. The molecule has 3 aromatic rings. The van der Waals surface area contributed by atoms with Crippen LogP contribution >= 0.6 is 23.2 Å². The van der Waals surface area contributed by atoms with Crippen LogP contribution in [0.2, 0.25) is 10.0 Å². The van der Waals surface area contributed by atoms with Crippen LogP contribution in [0.25, 0.3) is 17.7 Å². The van der Waals surface area contributed by atoms with Crippen molar-refractivity contribution < 1.29 is 0 Å². The summed E-state index contributed by atoms with van der Waals surface area (Å²) >= 11 is 13.0. The standard InChI is InChI=1S/C34H33Cl2/c1-20-23(14-25(35)18-31(20)36)16-29-30(34(5,6)7)19-27-26-17-24(33(2,3)4)13-12-22(26)15-28(27)32(29)21-10-8-9-11-21/h8-10,12-14,16-19H,11H2,1-7H3. The monoisotopic (exact) mass is 511 g/mol. The molecule has 0 N–H and O–H groups in total. The van der Waals surface area contributed by atoms with E-state index in [1.54, 1.807) is 0 Å². The third-order valence-electron chi connectivity index (χ3n) is 7.35. The molecule has 0 bridgehead atoms. The van der Waals surface area contributed by atoms with Gasteiger partial charge in [0.2, 0.25) is 0 Å². The Bertz CT molecular complexity index is 1680. The number of benzene rings is 3. The molecule has 2 aliphatic carbocycles. The van der Waals surface area contributed by atoms with Gasteiger partial charge in [-0.15, -0.1) is 0 Å². The highest BCUT2D eigenvalue weighted by Gasteiger charge is 2.24. The third kappa shape index (κ3) is 4.40. The van der Waals surface area contributed by atoms with E-state index < -0.39 is 0 Å². The summed E-state index contributed by atoms with van der Waals surface area (Å²) in [5.74, 6) is 0. The molecule has 36 heavy (non-hydrogen) atoms. The molecule has 0 atom stereocenters. The second-order valence-electron chi connectivity index (χ2n) is 12.1. The highest BCUT2D eigenvalue weighted by atomic mass is 35.5. The largest absolute Gasteiger partial charge is 0.0843 e. The number of allylic oxidation sites excluding steroid dienone is 4. The maximum absolute atomic E-state index is 6.55. The van der Waals surface area contributed by atoms with Crippen molar-refractivity contribution in [2.45, 2.75) is 65.7 Å². The van der Waals surface area contributed by atoms with Gasteiger partial charge in [0.05, 0.1) is 0 Å². The first-order valence-corrected chi connectivity index (χ1v) is 13.4. The smallest absolute Gasteiger partial charge is 0.0455 e. The molecule has 0 unspecified atom stereocenters. The van der Waals surface area contributed by atoms with E-state index >= 15 is 0 Å². The summed E-state index contributed by atoms with van der Waals surface area (Å²) in [7, 11) is 0. The molecule has 5 rings (SSSR count). The van der Waals surface area contributed by atoms with Gasteiger partial charge < -0.3 is 0 Å². The van der Waals surface area contributed by atoms with Crippen molar-refractivity contribution in [2.24, 2.45) is 0 Å². The molecule has 0 fully saturated rings. The van der Waals surface area contributed by atoms with Gasteiger partial charge >= 0.3 is 0 Å². The fraction of sp³-hybridized carbons (Fsp3) is 0.294. The van der Waals surface area contributed by atoms with Crippen LogP contribution in [0, 0.1) is 17.4 Å². The van der Waals surface area contributed by atoms with Gasteiger partial charge in [0.25, 0.3) is 0 Å². The van der Waals surface area contributed by atoms with Gasteiger partial charge in [-0.1, -0.05) is 95.1 Å². The third-order valence-corrected chi connectivity index (χ3v) is 7.96. The summed E-state index contributed by atoms with van der Waals surface area (Å²) in [6.07, 6.45) is 13.7. The van der Waals surface area contributed by atoms with Crippen molar-refractivity contribution in [3.8, 4) is 0 Å². The van der Waals surface area contributed by atoms with Gasteiger partial charge in [-0.05, 0) is 120 Å². The molecule has 0 amide bonds. The van der Waals surface area contributed by atoms with Crippen LogP contribution in [0.5, 0.6) is 0 Å². The molecule has 183 valence electrons. The van der Waals surface area contributed by atoms with Crippen molar-refractivity contribution in [3.63, 3.8) is 0 Å². The van der Waals surface area contributed by atoms with E-state index in [1.807, 2.05) is 12.1 Å². The second kappa shape index (κ2) is 8.79. The lowest BCUT2D eigenvalue weighted by molar-refractivity contribution is 0.585. The Balaban J connectivity index is 1.99. The fourth-order valence-corrected chi connectivity index (χ4v) is 5.73. The van der Waals surface area contributed by atoms with Crippen molar-refractivity contribution in [1.29, 1.82) is 0 Å². The molecule has 1 radical (unpaired) electrons. The molecule has 0 saturated heterocycles. The van der Waals surface area contributed by atoms with Gasteiger partial charge in [0.1, 0.15) is 0 Å². The van der Waals surface area contributed by atoms with Crippen LogP contribution in [-0.4, -0.2) is 0 Å². The van der Waals surface area contributed by atoms with Crippen LogP contribution in [0.15, 0.2) is 54.6 Å².